The molecule has 0 radical (unpaired) electrons. The van der Waals surface area contributed by atoms with E-state index in [0.717, 1.165) is 10.7 Å². The summed E-state index contributed by atoms with van der Waals surface area (Å²) in [6.07, 6.45) is 2.00. The van der Waals surface area contributed by atoms with Gasteiger partial charge < -0.3 is 14.8 Å². The molecule has 0 saturated heterocycles. The Bertz CT molecular complexity index is 520. The highest BCUT2D eigenvalue weighted by Gasteiger charge is 2.10. The van der Waals surface area contributed by atoms with Crippen molar-refractivity contribution in [2.24, 2.45) is 0 Å². The summed E-state index contributed by atoms with van der Waals surface area (Å²) in [5.74, 6) is 0.628. The van der Waals surface area contributed by atoms with Gasteiger partial charge in [0.15, 0.2) is 10.8 Å². The number of carbonyl (C=O) groups is 1. The molecule has 5 nitrogen and oxygen atoms in total. The van der Waals surface area contributed by atoms with Crippen LogP contribution in [0, 0.1) is 0 Å². The number of carbonyl (C=O) groups excluding carboxylic acids is 1. The van der Waals surface area contributed by atoms with Gasteiger partial charge in [-0.05, 0) is 25.5 Å². The number of rotatable bonds is 6. The lowest BCUT2D eigenvalue weighted by molar-refractivity contribution is -0.120. The number of amides is 1. The van der Waals surface area contributed by atoms with Crippen LogP contribution in [0.3, 0.4) is 0 Å². The van der Waals surface area contributed by atoms with Gasteiger partial charge >= 0.3 is 0 Å². The van der Waals surface area contributed by atoms with Crippen molar-refractivity contribution < 1.29 is 14.3 Å². The van der Waals surface area contributed by atoms with Crippen LogP contribution in [0.4, 0.5) is 0 Å². The number of thiazole rings is 1. The Morgan fingerprint density at radius 3 is 3.16 bits per heavy atom. The van der Waals surface area contributed by atoms with Gasteiger partial charge in [-0.15, -0.1) is 11.3 Å². The summed E-state index contributed by atoms with van der Waals surface area (Å²) >= 11 is 1.45. The Balaban J connectivity index is 1.84. The normalized spacial score (nSPS) is 12.3. The standard InChI is InChI=1S/C13H16N2O3S/c1-9(16)4-5-14-12(17)7-10-8-19-13(15-10)11-3-2-6-18-11/h2-3,6,8-9,16H,4-5,7H2,1H3,(H,14,17). The number of aromatic nitrogens is 1. The van der Waals surface area contributed by atoms with E-state index in [2.05, 4.69) is 10.3 Å². The van der Waals surface area contributed by atoms with E-state index in [-0.39, 0.29) is 12.3 Å². The molecule has 2 aromatic rings. The smallest absolute Gasteiger partial charge is 0.226 e. The van der Waals surface area contributed by atoms with Gasteiger partial charge in [0.25, 0.3) is 0 Å². The van der Waals surface area contributed by atoms with E-state index in [1.807, 2.05) is 11.4 Å². The molecule has 2 N–H and O–H groups in total. The van der Waals surface area contributed by atoms with Gasteiger partial charge in [0.05, 0.1) is 24.5 Å². The minimum absolute atomic E-state index is 0.0862. The van der Waals surface area contributed by atoms with Crippen molar-refractivity contribution in [1.82, 2.24) is 10.3 Å². The average Bonchev–Trinajstić information content (AvgIpc) is 2.97. The van der Waals surface area contributed by atoms with E-state index in [0.29, 0.717) is 18.7 Å². The quantitative estimate of drug-likeness (QED) is 0.846. The van der Waals surface area contributed by atoms with E-state index in [1.165, 1.54) is 11.3 Å². The number of hydrogen-bond acceptors (Lipinski definition) is 5. The molecule has 0 aliphatic carbocycles. The molecular formula is C13H16N2O3S. The summed E-state index contributed by atoms with van der Waals surface area (Å²) in [4.78, 5) is 16.0. The molecule has 0 fully saturated rings. The third kappa shape index (κ3) is 4.18. The summed E-state index contributed by atoms with van der Waals surface area (Å²) in [6.45, 7) is 2.17. The first-order valence-electron chi connectivity index (χ1n) is 6.08. The molecule has 0 aliphatic rings. The molecule has 0 bridgehead atoms. The fourth-order valence-electron chi connectivity index (χ4n) is 1.55. The van der Waals surface area contributed by atoms with Crippen molar-refractivity contribution in [1.29, 1.82) is 0 Å². The first kappa shape index (κ1) is 13.8. The minimum atomic E-state index is -0.398. The maximum atomic E-state index is 11.6. The van der Waals surface area contributed by atoms with Crippen LogP contribution in [0.15, 0.2) is 28.2 Å². The topological polar surface area (TPSA) is 75.4 Å². The summed E-state index contributed by atoms with van der Waals surface area (Å²) in [5.41, 5.74) is 0.728. The van der Waals surface area contributed by atoms with Crippen molar-refractivity contribution in [2.75, 3.05) is 6.54 Å². The Hall–Kier alpha value is -1.66. The third-order valence-electron chi connectivity index (χ3n) is 2.51. The maximum absolute atomic E-state index is 11.6. The van der Waals surface area contributed by atoms with Crippen molar-refractivity contribution in [3.8, 4) is 10.8 Å². The van der Waals surface area contributed by atoms with Gasteiger partial charge in [-0.3, -0.25) is 4.79 Å². The van der Waals surface area contributed by atoms with E-state index in [4.69, 9.17) is 9.52 Å². The zero-order chi connectivity index (χ0) is 13.7. The molecule has 0 saturated carbocycles. The van der Waals surface area contributed by atoms with Gasteiger partial charge in [-0.1, -0.05) is 0 Å². The molecule has 1 unspecified atom stereocenters. The summed E-state index contributed by atoms with van der Waals surface area (Å²) < 4.78 is 5.25. The van der Waals surface area contributed by atoms with Crippen LogP contribution in [-0.2, 0) is 11.2 Å². The van der Waals surface area contributed by atoms with Crippen LogP contribution in [-0.4, -0.2) is 28.6 Å². The van der Waals surface area contributed by atoms with Crippen LogP contribution < -0.4 is 5.32 Å². The van der Waals surface area contributed by atoms with Crippen molar-refractivity contribution in [2.45, 2.75) is 25.9 Å². The summed E-state index contributed by atoms with van der Waals surface area (Å²) in [7, 11) is 0. The number of aliphatic hydroxyl groups excluding tert-OH is 1. The highest BCUT2D eigenvalue weighted by molar-refractivity contribution is 7.13. The second-order valence-electron chi connectivity index (χ2n) is 4.29. The second kappa shape index (κ2) is 6.49. The Morgan fingerprint density at radius 2 is 2.47 bits per heavy atom. The van der Waals surface area contributed by atoms with Crippen LogP contribution >= 0.6 is 11.3 Å². The highest BCUT2D eigenvalue weighted by Crippen LogP contribution is 2.23. The number of nitrogens with zero attached hydrogens (tertiary/aromatic N) is 1. The molecule has 0 aromatic carbocycles. The Morgan fingerprint density at radius 1 is 1.63 bits per heavy atom. The lowest BCUT2D eigenvalue weighted by Crippen LogP contribution is -2.27. The zero-order valence-electron chi connectivity index (χ0n) is 10.6. The van der Waals surface area contributed by atoms with Crippen LogP contribution in [0.5, 0.6) is 0 Å². The van der Waals surface area contributed by atoms with Gasteiger partial charge in [0.2, 0.25) is 5.91 Å². The van der Waals surface area contributed by atoms with Gasteiger partial charge in [-0.2, -0.15) is 0 Å². The molecule has 0 aliphatic heterocycles. The molecule has 1 atom stereocenters. The molecule has 102 valence electrons. The van der Waals surface area contributed by atoms with E-state index < -0.39 is 6.10 Å². The fourth-order valence-corrected chi connectivity index (χ4v) is 2.34. The van der Waals surface area contributed by atoms with Crippen molar-refractivity contribution in [3.05, 3.63) is 29.5 Å². The third-order valence-corrected chi connectivity index (χ3v) is 3.42. The van der Waals surface area contributed by atoms with E-state index in [9.17, 15) is 4.79 Å². The molecule has 19 heavy (non-hydrogen) atoms. The minimum Gasteiger partial charge on any atom is -0.462 e. The monoisotopic (exact) mass is 280 g/mol. The fraction of sp³-hybridized carbons (Fsp3) is 0.385. The number of aliphatic hydroxyl groups is 1. The zero-order valence-corrected chi connectivity index (χ0v) is 11.4. The van der Waals surface area contributed by atoms with Gasteiger partial charge in [-0.25, -0.2) is 4.98 Å². The molecule has 2 rings (SSSR count). The Labute approximate surface area is 115 Å². The predicted molar refractivity (Wildman–Crippen MR) is 72.8 cm³/mol. The molecule has 6 heteroatoms. The van der Waals surface area contributed by atoms with Crippen molar-refractivity contribution in [3.63, 3.8) is 0 Å². The van der Waals surface area contributed by atoms with Crippen molar-refractivity contribution >= 4 is 17.2 Å². The lowest BCUT2D eigenvalue weighted by Gasteiger charge is -2.05. The molecule has 1 amide bonds. The SMILES string of the molecule is CC(O)CCNC(=O)Cc1csc(-c2ccco2)n1. The van der Waals surface area contributed by atoms with E-state index >= 15 is 0 Å². The number of nitrogens with one attached hydrogen (secondary N) is 1. The van der Waals surface area contributed by atoms with Crippen LogP contribution in [0.25, 0.3) is 10.8 Å². The first-order valence-corrected chi connectivity index (χ1v) is 6.96. The molecular weight excluding hydrogens is 264 g/mol. The van der Waals surface area contributed by atoms with Crippen LogP contribution in [0.2, 0.25) is 0 Å². The van der Waals surface area contributed by atoms with E-state index in [1.54, 1.807) is 19.3 Å². The van der Waals surface area contributed by atoms with Gasteiger partial charge in [0, 0.05) is 11.9 Å². The maximum Gasteiger partial charge on any atom is 0.226 e. The summed E-state index contributed by atoms with van der Waals surface area (Å²) in [6, 6.07) is 3.64. The number of furan rings is 1. The van der Waals surface area contributed by atoms with Crippen LogP contribution in [0.1, 0.15) is 19.0 Å². The largest absolute Gasteiger partial charge is 0.462 e. The second-order valence-corrected chi connectivity index (χ2v) is 5.14. The molecule has 0 spiro atoms. The highest BCUT2D eigenvalue weighted by atomic mass is 32.1. The number of hydrogen-bond donors (Lipinski definition) is 2. The summed E-state index contributed by atoms with van der Waals surface area (Å²) in [5, 5.41) is 14.5. The molecule has 2 heterocycles. The van der Waals surface area contributed by atoms with Gasteiger partial charge in [0.1, 0.15) is 0 Å². The lowest BCUT2D eigenvalue weighted by atomic mass is 10.2. The predicted octanol–water partition coefficient (Wildman–Crippen LogP) is 1.83. The molecule has 2 aromatic heterocycles. The first-order chi connectivity index (χ1) is 9.15. The Kier molecular flexibility index (Phi) is 4.70. The average molecular weight is 280 g/mol.